The maximum atomic E-state index is 5.56. The number of unbranched alkanes of at least 4 members (excludes halogenated alkanes) is 1. The molecule has 0 heterocycles. The minimum absolute atomic E-state index is 0. The molecule has 0 saturated heterocycles. The largest absolute Gasteiger partial charge is 0.491 e. The van der Waals surface area contributed by atoms with Crippen LogP contribution in [0.25, 0.3) is 0 Å². The third-order valence-electron chi connectivity index (χ3n) is 3.41. The van der Waals surface area contributed by atoms with E-state index in [0.717, 1.165) is 37.6 Å². The minimum Gasteiger partial charge on any atom is -0.491 e. The summed E-state index contributed by atoms with van der Waals surface area (Å²) >= 11 is 0. The molecule has 0 aliphatic heterocycles. The van der Waals surface area contributed by atoms with Crippen LogP contribution in [-0.4, -0.2) is 51.8 Å². The van der Waals surface area contributed by atoms with Gasteiger partial charge in [-0.2, -0.15) is 0 Å². The standard InChI is InChI=1S/C18H29N3O2.HI/c1-5-6-7-12-21(3)18(19-2)20-15-16-8-10-17(11-9-16)23-14-13-22-4;/h5,8-11H,1,6-7,12-15H2,2-4H3,(H,19,20);1H. The average Bonchev–Trinajstić information content (AvgIpc) is 2.57. The molecular weight excluding hydrogens is 417 g/mol. The summed E-state index contributed by atoms with van der Waals surface area (Å²) in [6, 6.07) is 8.06. The van der Waals surface area contributed by atoms with Gasteiger partial charge in [-0.15, -0.1) is 30.6 Å². The monoisotopic (exact) mass is 447 g/mol. The number of nitrogens with one attached hydrogen (secondary N) is 1. The molecule has 0 radical (unpaired) electrons. The van der Waals surface area contributed by atoms with Crippen molar-refractivity contribution in [3.05, 3.63) is 42.5 Å². The Morgan fingerprint density at radius 1 is 1.29 bits per heavy atom. The molecular formula is C18H30IN3O2. The van der Waals surface area contributed by atoms with Crippen molar-refractivity contribution in [2.24, 2.45) is 4.99 Å². The van der Waals surface area contributed by atoms with Gasteiger partial charge in [-0.25, -0.2) is 0 Å². The van der Waals surface area contributed by atoms with Crippen molar-refractivity contribution in [1.82, 2.24) is 10.2 Å². The Morgan fingerprint density at radius 2 is 2.00 bits per heavy atom. The van der Waals surface area contributed by atoms with Crippen molar-refractivity contribution in [3.63, 3.8) is 0 Å². The van der Waals surface area contributed by atoms with Crippen LogP contribution >= 0.6 is 24.0 Å². The van der Waals surface area contributed by atoms with Crippen molar-refractivity contribution in [1.29, 1.82) is 0 Å². The predicted octanol–water partition coefficient (Wildman–Crippen LogP) is 3.30. The normalized spacial score (nSPS) is 10.7. The number of aliphatic imine (C=N–C) groups is 1. The van der Waals surface area contributed by atoms with Gasteiger partial charge in [0, 0.05) is 34.3 Å². The second kappa shape index (κ2) is 14.1. The van der Waals surface area contributed by atoms with E-state index in [1.165, 1.54) is 5.56 Å². The fourth-order valence-corrected chi connectivity index (χ4v) is 2.09. The van der Waals surface area contributed by atoms with Gasteiger partial charge in [0.25, 0.3) is 0 Å². The summed E-state index contributed by atoms with van der Waals surface area (Å²) < 4.78 is 10.5. The molecule has 0 aliphatic carbocycles. The highest BCUT2D eigenvalue weighted by Crippen LogP contribution is 2.12. The predicted molar refractivity (Wildman–Crippen MR) is 111 cm³/mol. The summed E-state index contributed by atoms with van der Waals surface area (Å²) in [5, 5.41) is 3.37. The lowest BCUT2D eigenvalue weighted by atomic mass is 10.2. The molecule has 0 aliphatic rings. The fourth-order valence-electron chi connectivity index (χ4n) is 2.09. The maximum absolute atomic E-state index is 5.56. The first kappa shape index (κ1) is 22.7. The summed E-state index contributed by atoms with van der Waals surface area (Å²) in [7, 11) is 5.52. The van der Waals surface area contributed by atoms with Gasteiger partial charge in [0.15, 0.2) is 5.96 Å². The van der Waals surface area contributed by atoms with E-state index in [-0.39, 0.29) is 24.0 Å². The van der Waals surface area contributed by atoms with Crippen LogP contribution in [0.2, 0.25) is 0 Å². The fraction of sp³-hybridized carbons (Fsp3) is 0.500. The van der Waals surface area contributed by atoms with Crippen molar-refractivity contribution in [2.45, 2.75) is 19.4 Å². The van der Waals surface area contributed by atoms with Crippen molar-refractivity contribution in [2.75, 3.05) is 41.0 Å². The van der Waals surface area contributed by atoms with Gasteiger partial charge in [0.05, 0.1) is 6.61 Å². The van der Waals surface area contributed by atoms with Crippen molar-refractivity contribution in [3.8, 4) is 5.75 Å². The molecule has 6 heteroatoms. The first-order valence-corrected chi connectivity index (χ1v) is 7.94. The molecule has 0 amide bonds. The number of hydrogen-bond donors (Lipinski definition) is 1. The van der Waals surface area contributed by atoms with Crippen LogP contribution in [-0.2, 0) is 11.3 Å². The van der Waals surface area contributed by atoms with Crippen LogP contribution in [0.1, 0.15) is 18.4 Å². The lowest BCUT2D eigenvalue weighted by molar-refractivity contribution is 0.146. The van der Waals surface area contributed by atoms with Gasteiger partial charge < -0.3 is 19.7 Å². The molecule has 0 spiro atoms. The quantitative estimate of drug-likeness (QED) is 0.197. The molecule has 0 unspecified atom stereocenters. The number of methoxy groups -OCH3 is 1. The summed E-state index contributed by atoms with van der Waals surface area (Å²) in [6.07, 6.45) is 4.04. The van der Waals surface area contributed by atoms with E-state index in [9.17, 15) is 0 Å². The Hall–Kier alpha value is -1.28. The van der Waals surface area contributed by atoms with E-state index < -0.39 is 0 Å². The lowest BCUT2D eigenvalue weighted by Crippen LogP contribution is -2.38. The third-order valence-corrected chi connectivity index (χ3v) is 3.41. The summed E-state index contributed by atoms with van der Waals surface area (Å²) in [6.45, 7) is 6.60. The zero-order chi connectivity index (χ0) is 16.9. The van der Waals surface area contributed by atoms with Gasteiger partial charge in [-0.3, -0.25) is 4.99 Å². The molecule has 136 valence electrons. The molecule has 0 fully saturated rings. The molecule has 0 saturated carbocycles. The van der Waals surface area contributed by atoms with Crippen LogP contribution in [0, 0.1) is 0 Å². The van der Waals surface area contributed by atoms with Gasteiger partial charge in [-0.1, -0.05) is 18.2 Å². The molecule has 0 atom stereocenters. The number of benzene rings is 1. The first-order chi connectivity index (χ1) is 11.2. The van der Waals surface area contributed by atoms with E-state index >= 15 is 0 Å². The summed E-state index contributed by atoms with van der Waals surface area (Å²) in [4.78, 5) is 6.45. The van der Waals surface area contributed by atoms with E-state index in [4.69, 9.17) is 9.47 Å². The molecule has 1 aromatic rings. The summed E-state index contributed by atoms with van der Waals surface area (Å²) in [5.74, 6) is 1.76. The SMILES string of the molecule is C=CCCCN(C)C(=NC)NCc1ccc(OCCOC)cc1.I. The second-order valence-electron chi connectivity index (χ2n) is 5.24. The maximum Gasteiger partial charge on any atom is 0.193 e. The number of ether oxygens (including phenoxy) is 2. The minimum atomic E-state index is 0. The molecule has 5 nitrogen and oxygen atoms in total. The Labute approximate surface area is 163 Å². The van der Waals surface area contributed by atoms with Crippen LogP contribution in [0.4, 0.5) is 0 Å². The van der Waals surface area contributed by atoms with Gasteiger partial charge >= 0.3 is 0 Å². The molecule has 1 N–H and O–H groups in total. The Bertz CT molecular complexity index is 478. The van der Waals surface area contributed by atoms with E-state index in [1.807, 2.05) is 25.3 Å². The molecule has 1 rings (SSSR count). The molecule has 0 aromatic heterocycles. The zero-order valence-electron chi connectivity index (χ0n) is 15.0. The Balaban J connectivity index is 0.00000529. The highest BCUT2D eigenvalue weighted by Gasteiger charge is 2.05. The van der Waals surface area contributed by atoms with Crippen LogP contribution in [0.15, 0.2) is 41.9 Å². The van der Waals surface area contributed by atoms with E-state index in [2.05, 4.69) is 33.9 Å². The van der Waals surface area contributed by atoms with Crippen LogP contribution in [0.3, 0.4) is 0 Å². The Morgan fingerprint density at radius 3 is 2.58 bits per heavy atom. The van der Waals surface area contributed by atoms with Crippen molar-refractivity contribution < 1.29 is 9.47 Å². The Kier molecular flexibility index (Phi) is 13.3. The smallest absolute Gasteiger partial charge is 0.193 e. The number of nitrogens with zero attached hydrogens (tertiary/aromatic N) is 2. The third kappa shape index (κ3) is 9.12. The van der Waals surface area contributed by atoms with Crippen molar-refractivity contribution >= 4 is 29.9 Å². The number of halogens is 1. The van der Waals surface area contributed by atoms with Gasteiger partial charge in [0.1, 0.15) is 12.4 Å². The van der Waals surface area contributed by atoms with E-state index in [0.29, 0.717) is 13.2 Å². The number of rotatable bonds is 10. The second-order valence-corrected chi connectivity index (χ2v) is 5.24. The van der Waals surface area contributed by atoms with E-state index in [1.54, 1.807) is 14.2 Å². The molecule has 24 heavy (non-hydrogen) atoms. The van der Waals surface area contributed by atoms with Crippen LogP contribution in [0.5, 0.6) is 5.75 Å². The highest BCUT2D eigenvalue weighted by molar-refractivity contribution is 14.0. The van der Waals surface area contributed by atoms with Gasteiger partial charge in [0.2, 0.25) is 0 Å². The lowest BCUT2D eigenvalue weighted by Gasteiger charge is -2.22. The first-order valence-electron chi connectivity index (χ1n) is 7.94. The topological polar surface area (TPSA) is 46.1 Å². The number of guanidine groups is 1. The number of allylic oxidation sites excluding steroid dienone is 1. The average molecular weight is 447 g/mol. The zero-order valence-corrected chi connectivity index (χ0v) is 17.3. The summed E-state index contributed by atoms with van der Waals surface area (Å²) in [5.41, 5.74) is 1.18. The molecule has 1 aromatic carbocycles. The number of hydrogen-bond acceptors (Lipinski definition) is 3. The van der Waals surface area contributed by atoms with Gasteiger partial charge in [-0.05, 0) is 30.5 Å². The highest BCUT2D eigenvalue weighted by atomic mass is 127. The molecule has 0 bridgehead atoms. The van der Waals surface area contributed by atoms with Crippen LogP contribution < -0.4 is 10.1 Å².